The molecule has 1 aliphatic heterocycles. The third-order valence-corrected chi connectivity index (χ3v) is 6.20. The lowest BCUT2D eigenvalue weighted by Crippen LogP contribution is -2.69. The molecule has 1 saturated heterocycles. The van der Waals surface area contributed by atoms with Crippen LogP contribution in [0.3, 0.4) is 0 Å². The van der Waals surface area contributed by atoms with Gasteiger partial charge < -0.3 is 4.90 Å². The van der Waals surface area contributed by atoms with Crippen LogP contribution in [0.2, 0.25) is 0 Å². The monoisotopic (exact) mass is 284 g/mol. The number of anilines is 1. The first-order chi connectivity index (χ1) is 10.4. The Morgan fingerprint density at radius 3 is 1.71 bits per heavy atom. The fraction of sp³-hybridized carbons (Fsp3) is 0.684. The summed E-state index contributed by atoms with van der Waals surface area (Å²) in [5.74, 6) is 0. The first-order valence-electron chi connectivity index (χ1n) is 8.91. The highest BCUT2D eigenvalue weighted by Crippen LogP contribution is 2.42. The molecule has 0 spiro atoms. The number of hydrogen-bond acceptors (Lipinski definition) is 2. The van der Waals surface area contributed by atoms with E-state index in [1.54, 1.807) is 0 Å². The summed E-state index contributed by atoms with van der Waals surface area (Å²) >= 11 is 0. The summed E-state index contributed by atoms with van der Waals surface area (Å²) in [6.45, 7) is 0. The summed E-state index contributed by atoms with van der Waals surface area (Å²) in [4.78, 5) is 5.61. The van der Waals surface area contributed by atoms with Crippen molar-refractivity contribution in [2.24, 2.45) is 0 Å². The molecular formula is C19H28N2. The number of hydrogen-bond donors (Lipinski definition) is 0. The van der Waals surface area contributed by atoms with E-state index in [0.717, 1.165) is 24.2 Å². The second kappa shape index (κ2) is 5.64. The van der Waals surface area contributed by atoms with Gasteiger partial charge in [-0.3, -0.25) is 4.90 Å². The van der Waals surface area contributed by atoms with Crippen LogP contribution >= 0.6 is 0 Å². The maximum Gasteiger partial charge on any atom is 0.0449 e. The molecule has 0 N–H and O–H groups in total. The molecule has 2 saturated carbocycles. The highest BCUT2D eigenvalue weighted by atomic mass is 15.3. The molecule has 4 rings (SSSR count). The Morgan fingerprint density at radius 1 is 0.714 bits per heavy atom. The SMILES string of the molecule is CN1C2CCCCC2N(c2ccccc2)C2CCCCC21. The van der Waals surface area contributed by atoms with Gasteiger partial charge in [0.15, 0.2) is 0 Å². The Bertz CT molecular complexity index is 448. The molecule has 2 aliphatic carbocycles. The minimum Gasteiger partial charge on any atom is -0.362 e. The second-order valence-corrected chi connectivity index (χ2v) is 7.25. The quantitative estimate of drug-likeness (QED) is 0.767. The van der Waals surface area contributed by atoms with Crippen molar-refractivity contribution in [3.8, 4) is 0 Å². The first kappa shape index (κ1) is 13.6. The van der Waals surface area contributed by atoms with Crippen LogP contribution in [0, 0.1) is 0 Å². The van der Waals surface area contributed by atoms with Crippen LogP contribution in [0.5, 0.6) is 0 Å². The van der Waals surface area contributed by atoms with E-state index in [1.807, 2.05) is 0 Å². The Balaban J connectivity index is 1.73. The molecule has 3 fully saturated rings. The van der Waals surface area contributed by atoms with Gasteiger partial charge in [0.25, 0.3) is 0 Å². The largest absolute Gasteiger partial charge is 0.362 e. The summed E-state index contributed by atoms with van der Waals surface area (Å²) in [5.41, 5.74) is 1.47. The van der Waals surface area contributed by atoms with Crippen molar-refractivity contribution < 1.29 is 0 Å². The molecule has 4 unspecified atom stereocenters. The summed E-state index contributed by atoms with van der Waals surface area (Å²) < 4.78 is 0. The van der Waals surface area contributed by atoms with Crippen LogP contribution in [0.15, 0.2) is 30.3 Å². The summed E-state index contributed by atoms with van der Waals surface area (Å²) in [5, 5.41) is 0. The van der Waals surface area contributed by atoms with Gasteiger partial charge >= 0.3 is 0 Å². The van der Waals surface area contributed by atoms with Crippen molar-refractivity contribution in [1.82, 2.24) is 4.90 Å². The summed E-state index contributed by atoms with van der Waals surface area (Å²) in [7, 11) is 2.41. The van der Waals surface area contributed by atoms with Crippen molar-refractivity contribution in [2.45, 2.75) is 75.5 Å². The third-order valence-electron chi connectivity index (χ3n) is 6.20. The van der Waals surface area contributed by atoms with Gasteiger partial charge in [-0.05, 0) is 44.9 Å². The maximum absolute atomic E-state index is 2.84. The Morgan fingerprint density at radius 2 is 1.19 bits per heavy atom. The minimum absolute atomic E-state index is 0.741. The molecule has 0 amide bonds. The van der Waals surface area contributed by atoms with E-state index in [-0.39, 0.29) is 0 Å². The number of rotatable bonds is 1. The minimum atomic E-state index is 0.741. The van der Waals surface area contributed by atoms with E-state index in [4.69, 9.17) is 0 Å². The van der Waals surface area contributed by atoms with Crippen LogP contribution in [0.4, 0.5) is 5.69 Å². The molecule has 1 heterocycles. The highest BCUT2D eigenvalue weighted by molar-refractivity contribution is 5.50. The smallest absolute Gasteiger partial charge is 0.0449 e. The van der Waals surface area contributed by atoms with Crippen LogP contribution in [-0.2, 0) is 0 Å². The Hall–Kier alpha value is -1.02. The lowest BCUT2D eigenvalue weighted by atomic mass is 9.77. The molecule has 2 nitrogen and oxygen atoms in total. The van der Waals surface area contributed by atoms with E-state index in [0.29, 0.717) is 0 Å². The number of nitrogens with zero attached hydrogens (tertiary/aromatic N) is 2. The van der Waals surface area contributed by atoms with Crippen LogP contribution in [-0.4, -0.2) is 36.1 Å². The molecule has 0 aromatic heterocycles. The third kappa shape index (κ3) is 2.28. The average molecular weight is 284 g/mol. The van der Waals surface area contributed by atoms with Crippen molar-refractivity contribution in [3.05, 3.63) is 30.3 Å². The standard InChI is InChI=1S/C19H28N2/c1-20-16-11-5-7-13-18(16)21(15-9-3-2-4-10-15)19-14-8-6-12-17(19)20/h2-4,9-10,16-19H,5-8,11-14H2,1H3. The normalized spacial score (nSPS) is 36.9. The predicted octanol–water partition coefficient (Wildman–Crippen LogP) is 4.06. The maximum atomic E-state index is 2.84. The summed E-state index contributed by atoms with van der Waals surface area (Å²) in [6.07, 6.45) is 11.2. The lowest BCUT2D eigenvalue weighted by molar-refractivity contribution is 0.0363. The van der Waals surface area contributed by atoms with Gasteiger partial charge in [-0.2, -0.15) is 0 Å². The Labute approximate surface area is 129 Å². The molecule has 4 atom stereocenters. The van der Waals surface area contributed by atoms with E-state index in [1.165, 1.54) is 57.1 Å². The van der Waals surface area contributed by atoms with Crippen molar-refractivity contribution in [2.75, 3.05) is 11.9 Å². The average Bonchev–Trinajstić information content (AvgIpc) is 2.56. The number of likely N-dealkylation sites (N-methyl/N-ethyl adjacent to an activating group) is 1. The number of para-hydroxylation sites is 1. The van der Waals surface area contributed by atoms with Gasteiger partial charge in [0.2, 0.25) is 0 Å². The molecule has 21 heavy (non-hydrogen) atoms. The molecule has 2 heteroatoms. The van der Waals surface area contributed by atoms with Crippen molar-refractivity contribution >= 4 is 5.69 Å². The highest BCUT2D eigenvalue weighted by Gasteiger charge is 2.47. The zero-order chi connectivity index (χ0) is 14.2. The van der Waals surface area contributed by atoms with Crippen LogP contribution < -0.4 is 4.90 Å². The van der Waals surface area contributed by atoms with Gasteiger partial charge in [-0.25, -0.2) is 0 Å². The van der Waals surface area contributed by atoms with E-state index >= 15 is 0 Å². The zero-order valence-electron chi connectivity index (χ0n) is 13.2. The zero-order valence-corrected chi connectivity index (χ0v) is 13.2. The number of fused-ring (bicyclic) bond motifs is 2. The van der Waals surface area contributed by atoms with Crippen molar-refractivity contribution in [3.63, 3.8) is 0 Å². The topological polar surface area (TPSA) is 6.48 Å². The van der Waals surface area contributed by atoms with Crippen molar-refractivity contribution in [1.29, 1.82) is 0 Å². The predicted molar refractivity (Wildman–Crippen MR) is 88.8 cm³/mol. The molecule has 1 aromatic carbocycles. The van der Waals surface area contributed by atoms with E-state index in [9.17, 15) is 0 Å². The number of piperazine rings is 1. The van der Waals surface area contributed by atoms with Gasteiger partial charge in [-0.15, -0.1) is 0 Å². The van der Waals surface area contributed by atoms with Gasteiger partial charge in [0, 0.05) is 29.9 Å². The number of benzene rings is 1. The van der Waals surface area contributed by atoms with Gasteiger partial charge in [0.05, 0.1) is 0 Å². The first-order valence-corrected chi connectivity index (χ1v) is 8.91. The lowest BCUT2D eigenvalue weighted by Gasteiger charge is -2.59. The molecule has 1 aromatic rings. The molecular weight excluding hydrogens is 256 g/mol. The van der Waals surface area contributed by atoms with Gasteiger partial charge in [-0.1, -0.05) is 43.9 Å². The van der Waals surface area contributed by atoms with E-state index in [2.05, 4.69) is 47.2 Å². The fourth-order valence-electron chi connectivity index (χ4n) is 5.26. The molecule has 114 valence electrons. The molecule has 0 bridgehead atoms. The fourth-order valence-corrected chi connectivity index (χ4v) is 5.26. The second-order valence-electron chi connectivity index (χ2n) is 7.25. The van der Waals surface area contributed by atoms with E-state index < -0.39 is 0 Å². The summed E-state index contributed by atoms with van der Waals surface area (Å²) in [6, 6.07) is 14.3. The van der Waals surface area contributed by atoms with Crippen LogP contribution in [0.1, 0.15) is 51.4 Å². The van der Waals surface area contributed by atoms with Crippen LogP contribution in [0.25, 0.3) is 0 Å². The Kier molecular flexibility index (Phi) is 3.66. The molecule has 3 aliphatic rings. The van der Waals surface area contributed by atoms with Gasteiger partial charge in [0.1, 0.15) is 0 Å². The molecule has 0 radical (unpaired) electrons.